The van der Waals surface area contributed by atoms with Crippen LogP contribution in [0.2, 0.25) is 5.02 Å². The highest BCUT2D eigenvalue weighted by molar-refractivity contribution is 6.30. The first-order valence-electron chi connectivity index (χ1n) is 11.9. The maximum atomic E-state index is 14.2. The van der Waals surface area contributed by atoms with Gasteiger partial charge in [0.2, 0.25) is 0 Å². The molecular weight excluding hydrogens is 469 g/mol. The quantitative estimate of drug-likeness (QED) is 0.359. The summed E-state index contributed by atoms with van der Waals surface area (Å²) >= 11 is 5.88. The highest BCUT2D eigenvalue weighted by Crippen LogP contribution is 2.30. The zero-order valence-corrected chi connectivity index (χ0v) is 20.3. The third-order valence-corrected chi connectivity index (χ3v) is 6.37. The number of rotatable bonds is 11. The Morgan fingerprint density at radius 3 is 2.51 bits per heavy atom. The molecule has 7 heteroatoms. The van der Waals surface area contributed by atoms with Crippen molar-refractivity contribution in [3.8, 4) is 5.75 Å². The van der Waals surface area contributed by atoms with Crippen LogP contribution in [0.25, 0.3) is 0 Å². The van der Waals surface area contributed by atoms with E-state index in [9.17, 15) is 9.50 Å². The molecule has 5 nitrogen and oxygen atoms in total. The smallest absolute Gasteiger partial charge is 0.147 e. The minimum Gasteiger partial charge on any atom is -0.494 e. The summed E-state index contributed by atoms with van der Waals surface area (Å²) in [5, 5.41) is 13.9. The van der Waals surface area contributed by atoms with Gasteiger partial charge in [-0.05, 0) is 29.3 Å². The minimum absolute atomic E-state index is 0.0720. The van der Waals surface area contributed by atoms with E-state index < -0.39 is 11.9 Å². The number of hydrogen-bond donors (Lipinski definition) is 2. The largest absolute Gasteiger partial charge is 0.494 e. The maximum absolute atomic E-state index is 14.2. The minimum atomic E-state index is -0.619. The number of halogens is 2. The average Bonchev–Trinajstić information content (AvgIpc) is 2.88. The Morgan fingerprint density at radius 2 is 1.71 bits per heavy atom. The van der Waals surface area contributed by atoms with Crippen LogP contribution in [0, 0.1) is 5.82 Å². The fourth-order valence-corrected chi connectivity index (χ4v) is 4.43. The van der Waals surface area contributed by atoms with Gasteiger partial charge in [0.05, 0.1) is 43.7 Å². The van der Waals surface area contributed by atoms with Gasteiger partial charge in [-0.25, -0.2) is 4.39 Å². The Labute approximate surface area is 210 Å². The summed E-state index contributed by atoms with van der Waals surface area (Å²) in [4.78, 5) is 0. The third kappa shape index (κ3) is 7.26. The Hall–Kier alpha value is -2.48. The second kappa shape index (κ2) is 13.0. The number of aliphatic hydroxyl groups is 1. The first-order chi connectivity index (χ1) is 17.1. The van der Waals surface area contributed by atoms with Crippen molar-refractivity contribution in [2.24, 2.45) is 0 Å². The summed E-state index contributed by atoms with van der Waals surface area (Å²) in [5.74, 6) is 0.0552. The molecule has 186 valence electrons. The van der Waals surface area contributed by atoms with Crippen LogP contribution < -0.4 is 10.1 Å². The molecule has 3 unspecified atom stereocenters. The number of aliphatic hydroxyl groups excluding tert-OH is 1. The third-order valence-electron chi connectivity index (χ3n) is 6.08. The SMILES string of the molecule is OC1CNCC(OCc2cccc(Cl)c2F)C1c1ccc(OCCCOCc2ccccc2)cc1. The number of β-amino-alcohol motifs (C(OH)–C–C–N with tert-alkyl or cyclic N) is 1. The summed E-state index contributed by atoms with van der Waals surface area (Å²) in [6.07, 6.45) is -0.144. The number of ether oxygens (including phenoxy) is 3. The van der Waals surface area contributed by atoms with Gasteiger partial charge in [0, 0.05) is 31.0 Å². The lowest BCUT2D eigenvalue weighted by Crippen LogP contribution is -2.49. The van der Waals surface area contributed by atoms with E-state index in [2.05, 4.69) is 5.32 Å². The van der Waals surface area contributed by atoms with Gasteiger partial charge in [-0.1, -0.05) is 66.2 Å². The molecule has 0 spiro atoms. The summed E-state index contributed by atoms with van der Waals surface area (Å²) in [5.41, 5.74) is 2.51. The molecule has 0 aromatic heterocycles. The summed E-state index contributed by atoms with van der Waals surface area (Å²) < 4.78 is 31.8. The molecule has 3 aromatic rings. The Morgan fingerprint density at radius 1 is 0.914 bits per heavy atom. The zero-order chi connectivity index (χ0) is 24.5. The topological polar surface area (TPSA) is 60.0 Å². The zero-order valence-electron chi connectivity index (χ0n) is 19.5. The Balaban J connectivity index is 1.26. The number of benzene rings is 3. The van der Waals surface area contributed by atoms with Gasteiger partial charge in [0.15, 0.2) is 0 Å². The molecule has 1 heterocycles. The van der Waals surface area contributed by atoms with E-state index in [1.807, 2.05) is 54.6 Å². The molecule has 4 rings (SSSR count). The van der Waals surface area contributed by atoms with Crippen LogP contribution in [0.3, 0.4) is 0 Å². The molecule has 0 aliphatic carbocycles. The highest BCUT2D eigenvalue weighted by Gasteiger charge is 2.34. The van der Waals surface area contributed by atoms with Gasteiger partial charge in [0.1, 0.15) is 11.6 Å². The van der Waals surface area contributed by atoms with Crippen molar-refractivity contribution in [1.29, 1.82) is 0 Å². The number of hydrogen-bond acceptors (Lipinski definition) is 5. The van der Waals surface area contributed by atoms with Crippen molar-refractivity contribution in [2.45, 2.75) is 37.8 Å². The van der Waals surface area contributed by atoms with E-state index in [4.69, 9.17) is 25.8 Å². The summed E-state index contributed by atoms with van der Waals surface area (Å²) in [7, 11) is 0. The lowest BCUT2D eigenvalue weighted by atomic mass is 9.85. The van der Waals surface area contributed by atoms with E-state index in [1.165, 1.54) is 6.07 Å². The molecule has 3 aromatic carbocycles. The van der Waals surface area contributed by atoms with E-state index in [1.54, 1.807) is 12.1 Å². The second-order valence-corrected chi connectivity index (χ2v) is 9.03. The second-order valence-electron chi connectivity index (χ2n) is 8.62. The molecule has 2 N–H and O–H groups in total. The van der Waals surface area contributed by atoms with E-state index in [0.29, 0.717) is 38.5 Å². The molecule has 0 radical (unpaired) electrons. The van der Waals surface area contributed by atoms with Gasteiger partial charge in [0.25, 0.3) is 0 Å². The van der Waals surface area contributed by atoms with Crippen LogP contribution in [0.5, 0.6) is 5.75 Å². The molecule has 1 saturated heterocycles. The van der Waals surface area contributed by atoms with Crippen LogP contribution >= 0.6 is 11.6 Å². The molecule has 1 fully saturated rings. The Bertz CT molecular complexity index is 1050. The molecule has 0 amide bonds. The van der Waals surface area contributed by atoms with Gasteiger partial charge < -0.3 is 24.6 Å². The molecule has 3 atom stereocenters. The summed E-state index contributed by atoms with van der Waals surface area (Å²) in [6.45, 7) is 2.89. The van der Waals surface area contributed by atoms with Crippen LogP contribution in [-0.2, 0) is 22.7 Å². The fraction of sp³-hybridized carbons (Fsp3) is 0.357. The molecule has 1 aliphatic heterocycles. The highest BCUT2D eigenvalue weighted by atomic mass is 35.5. The molecule has 0 bridgehead atoms. The van der Waals surface area contributed by atoms with Crippen molar-refractivity contribution < 1.29 is 23.7 Å². The van der Waals surface area contributed by atoms with Crippen molar-refractivity contribution in [2.75, 3.05) is 26.3 Å². The standard InChI is InChI=1S/C28H31ClFNO4/c29-24-9-4-8-22(28(24)30)19-35-26-17-31-16-25(32)27(26)21-10-12-23(13-11-21)34-15-5-14-33-18-20-6-2-1-3-7-20/h1-4,6-13,25-27,31-32H,5,14-19H2. The predicted molar refractivity (Wildman–Crippen MR) is 134 cm³/mol. The van der Waals surface area contributed by atoms with E-state index in [0.717, 1.165) is 23.3 Å². The normalized spacial score (nSPS) is 20.0. The molecule has 0 saturated carbocycles. The van der Waals surface area contributed by atoms with Crippen molar-refractivity contribution in [3.63, 3.8) is 0 Å². The van der Waals surface area contributed by atoms with E-state index >= 15 is 0 Å². The lowest BCUT2D eigenvalue weighted by Gasteiger charge is -2.36. The average molecular weight is 500 g/mol. The van der Waals surface area contributed by atoms with Crippen molar-refractivity contribution in [1.82, 2.24) is 5.32 Å². The van der Waals surface area contributed by atoms with Gasteiger partial charge >= 0.3 is 0 Å². The lowest BCUT2D eigenvalue weighted by molar-refractivity contribution is -0.0335. The van der Waals surface area contributed by atoms with Gasteiger partial charge in [-0.2, -0.15) is 0 Å². The Kier molecular flexibility index (Phi) is 9.51. The molecule has 35 heavy (non-hydrogen) atoms. The predicted octanol–water partition coefficient (Wildman–Crippen LogP) is 5.10. The van der Waals surface area contributed by atoms with Crippen molar-refractivity contribution >= 4 is 11.6 Å². The van der Waals surface area contributed by atoms with Crippen LogP contribution in [0.4, 0.5) is 4.39 Å². The van der Waals surface area contributed by atoms with Crippen LogP contribution in [-0.4, -0.2) is 43.6 Å². The first-order valence-corrected chi connectivity index (χ1v) is 12.3. The van der Waals surface area contributed by atoms with Gasteiger partial charge in [-0.15, -0.1) is 0 Å². The van der Waals surface area contributed by atoms with Crippen LogP contribution in [0.15, 0.2) is 72.8 Å². The maximum Gasteiger partial charge on any atom is 0.147 e. The monoisotopic (exact) mass is 499 g/mol. The first kappa shape index (κ1) is 25.6. The van der Waals surface area contributed by atoms with E-state index in [-0.39, 0.29) is 23.7 Å². The van der Waals surface area contributed by atoms with Crippen molar-refractivity contribution in [3.05, 3.63) is 100 Å². The summed E-state index contributed by atoms with van der Waals surface area (Å²) in [6, 6.07) is 22.7. The number of piperidine rings is 1. The molecular formula is C28H31ClFNO4. The fourth-order valence-electron chi connectivity index (χ4n) is 4.23. The number of nitrogens with one attached hydrogen (secondary N) is 1. The van der Waals surface area contributed by atoms with Crippen LogP contribution in [0.1, 0.15) is 29.0 Å². The van der Waals surface area contributed by atoms with Gasteiger partial charge in [-0.3, -0.25) is 0 Å². The molecule has 1 aliphatic rings.